The summed E-state index contributed by atoms with van der Waals surface area (Å²) in [5, 5.41) is 0. The van der Waals surface area contributed by atoms with E-state index in [1.54, 1.807) is 0 Å². The van der Waals surface area contributed by atoms with Crippen LogP contribution >= 0.6 is 0 Å². The first kappa shape index (κ1) is 40.8. The molecule has 2 fully saturated rings. The highest BCUT2D eigenvalue weighted by molar-refractivity contribution is 5.90. The van der Waals surface area contributed by atoms with Gasteiger partial charge in [-0.2, -0.15) is 0 Å². The van der Waals surface area contributed by atoms with Crippen molar-refractivity contribution in [3.63, 3.8) is 0 Å². The Morgan fingerprint density at radius 2 is 0.809 bits per heavy atom. The number of epoxide rings is 2. The summed E-state index contributed by atoms with van der Waals surface area (Å²) in [7, 11) is 0. The lowest BCUT2D eigenvalue weighted by molar-refractivity contribution is -0.129. The Balaban J connectivity index is 1.43. The quantitative estimate of drug-likeness (QED) is 0.0412. The van der Waals surface area contributed by atoms with Crippen LogP contribution < -0.4 is 0 Å². The van der Waals surface area contributed by atoms with Crippen molar-refractivity contribution >= 4 is 11.6 Å². The monoisotopic (exact) mass is 650 g/mol. The van der Waals surface area contributed by atoms with Gasteiger partial charge in [0.05, 0.1) is 26.4 Å². The average Bonchev–Trinajstić information content (AvgIpc) is 4.02. The van der Waals surface area contributed by atoms with Gasteiger partial charge in [-0.15, -0.1) is 0 Å². The number of ketones is 2. The summed E-state index contributed by atoms with van der Waals surface area (Å²) in [5.74, 6) is 0.275. The van der Waals surface area contributed by atoms with Gasteiger partial charge in [-0.25, -0.2) is 0 Å². The molecule has 2 aliphatic rings. The number of carbonyl (C=O) groups is 2. The van der Waals surface area contributed by atoms with E-state index < -0.39 is 11.2 Å². The van der Waals surface area contributed by atoms with Crippen LogP contribution in [0, 0.1) is 0 Å². The molecule has 2 heterocycles. The normalized spacial score (nSPS) is 21.1. The van der Waals surface area contributed by atoms with Gasteiger partial charge < -0.3 is 14.2 Å². The molecule has 2 aliphatic heterocycles. The first-order chi connectivity index (χ1) is 23.1. The van der Waals surface area contributed by atoms with Crippen molar-refractivity contribution in [2.24, 2.45) is 0 Å². The van der Waals surface area contributed by atoms with Crippen LogP contribution in [0.15, 0.2) is 72.9 Å². The maximum atomic E-state index is 12.8. The fraction of sp³-hybridized carbons (Fsp3) is 0.667. The third-order valence-electron chi connectivity index (χ3n) is 8.78. The summed E-state index contributed by atoms with van der Waals surface area (Å²) >= 11 is 0. The SMILES string of the molecule is CC/C=C\C/C=C\C/C=C\CCCCCCCC(=O)C1(COCC2(C(=O)CCCCCCC/C=C\C/C=C\C/C=C\CC)CO2)CO1. The molecule has 2 saturated heterocycles. The number of Topliss-reactive ketones (excluding diaryl/α,β-unsaturated/α-hetero) is 2. The van der Waals surface area contributed by atoms with Gasteiger partial charge in [0, 0.05) is 12.8 Å². The number of rotatable bonds is 32. The van der Waals surface area contributed by atoms with Gasteiger partial charge in [0.15, 0.2) is 22.8 Å². The molecule has 5 nitrogen and oxygen atoms in total. The third kappa shape index (κ3) is 19.9. The van der Waals surface area contributed by atoms with Crippen LogP contribution in [0.3, 0.4) is 0 Å². The third-order valence-corrected chi connectivity index (χ3v) is 8.78. The molecule has 0 spiro atoms. The molecule has 0 aliphatic carbocycles. The summed E-state index contributed by atoms with van der Waals surface area (Å²) in [4.78, 5) is 25.6. The molecule has 2 atom stereocenters. The highest BCUT2D eigenvalue weighted by Crippen LogP contribution is 2.34. The number of carbonyl (C=O) groups excluding carboxylic acids is 2. The summed E-state index contributed by atoms with van der Waals surface area (Å²) in [6, 6.07) is 0. The fourth-order valence-electron chi connectivity index (χ4n) is 5.47. The van der Waals surface area contributed by atoms with Gasteiger partial charge in [0.1, 0.15) is 0 Å². The van der Waals surface area contributed by atoms with Crippen LogP contribution in [0.1, 0.15) is 142 Å². The summed E-state index contributed by atoms with van der Waals surface area (Å²) < 4.78 is 17.0. The lowest BCUT2D eigenvalue weighted by Crippen LogP contribution is -2.35. The largest absolute Gasteiger partial charge is 0.374 e. The molecule has 0 saturated carbocycles. The summed E-state index contributed by atoms with van der Waals surface area (Å²) in [5.41, 5.74) is -1.58. The smallest absolute Gasteiger partial charge is 0.172 e. The average molecular weight is 651 g/mol. The van der Waals surface area contributed by atoms with Gasteiger partial charge in [-0.1, -0.05) is 125 Å². The van der Waals surface area contributed by atoms with Crippen molar-refractivity contribution in [2.75, 3.05) is 26.4 Å². The Morgan fingerprint density at radius 3 is 1.17 bits per heavy atom. The molecule has 0 N–H and O–H groups in total. The van der Waals surface area contributed by atoms with Crippen LogP contribution in [-0.4, -0.2) is 49.2 Å². The summed E-state index contributed by atoms with van der Waals surface area (Å²) in [6.45, 7) is 5.61. The number of hydrogen-bond donors (Lipinski definition) is 0. The molecule has 0 radical (unpaired) electrons. The van der Waals surface area contributed by atoms with Crippen LogP contribution in [0.25, 0.3) is 0 Å². The van der Waals surface area contributed by atoms with Crippen LogP contribution in [0.5, 0.6) is 0 Å². The maximum absolute atomic E-state index is 12.8. The number of unbranched alkanes of at least 4 members (excludes halogenated alkanes) is 10. The van der Waals surface area contributed by atoms with E-state index >= 15 is 0 Å². The molecule has 264 valence electrons. The Morgan fingerprint density at radius 1 is 0.489 bits per heavy atom. The Bertz CT molecular complexity index is 926. The minimum Gasteiger partial charge on any atom is -0.374 e. The lowest BCUT2D eigenvalue weighted by atomic mass is 9.98. The zero-order chi connectivity index (χ0) is 33.7. The highest BCUT2D eigenvalue weighted by Gasteiger charge is 2.55. The molecule has 0 aromatic rings. The van der Waals surface area contributed by atoms with E-state index in [1.807, 2.05) is 0 Å². The number of allylic oxidation sites excluding steroid dienone is 12. The zero-order valence-electron chi connectivity index (χ0n) is 29.9. The molecule has 0 amide bonds. The summed E-state index contributed by atoms with van der Waals surface area (Å²) in [6.07, 6.45) is 47.4. The van der Waals surface area contributed by atoms with Crippen molar-refractivity contribution in [1.82, 2.24) is 0 Å². The fourth-order valence-corrected chi connectivity index (χ4v) is 5.47. The molecular weight excluding hydrogens is 584 g/mol. The predicted molar refractivity (Wildman–Crippen MR) is 197 cm³/mol. The van der Waals surface area contributed by atoms with E-state index in [9.17, 15) is 9.59 Å². The minimum absolute atomic E-state index is 0.138. The maximum Gasteiger partial charge on any atom is 0.172 e. The van der Waals surface area contributed by atoms with Gasteiger partial charge in [0.25, 0.3) is 0 Å². The van der Waals surface area contributed by atoms with Crippen molar-refractivity contribution in [1.29, 1.82) is 0 Å². The van der Waals surface area contributed by atoms with E-state index in [1.165, 1.54) is 25.7 Å². The molecular formula is C42H66O5. The molecule has 47 heavy (non-hydrogen) atoms. The Hall–Kier alpha value is -2.34. The van der Waals surface area contributed by atoms with Crippen molar-refractivity contribution in [3.8, 4) is 0 Å². The van der Waals surface area contributed by atoms with Gasteiger partial charge in [-0.3, -0.25) is 9.59 Å². The van der Waals surface area contributed by atoms with Gasteiger partial charge >= 0.3 is 0 Å². The van der Waals surface area contributed by atoms with E-state index in [0.717, 1.165) is 89.9 Å². The lowest BCUT2D eigenvalue weighted by Gasteiger charge is -2.15. The first-order valence-corrected chi connectivity index (χ1v) is 18.9. The van der Waals surface area contributed by atoms with E-state index in [2.05, 4.69) is 86.8 Å². The number of ether oxygens (including phenoxy) is 3. The van der Waals surface area contributed by atoms with Crippen molar-refractivity contribution in [2.45, 2.75) is 153 Å². The molecule has 0 aromatic carbocycles. The first-order valence-electron chi connectivity index (χ1n) is 18.9. The van der Waals surface area contributed by atoms with Gasteiger partial charge in [0.2, 0.25) is 0 Å². The van der Waals surface area contributed by atoms with E-state index in [0.29, 0.717) is 26.1 Å². The van der Waals surface area contributed by atoms with E-state index in [-0.39, 0.29) is 24.8 Å². The number of hydrogen-bond acceptors (Lipinski definition) is 5. The highest BCUT2D eigenvalue weighted by atomic mass is 16.6. The van der Waals surface area contributed by atoms with Crippen molar-refractivity contribution in [3.05, 3.63) is 72.9 Å². The van der Waals surface area contributed by atoms with Crippen LogP contribution in [0.2, 0.25) is 0 Å². The molecule has 2 unspecified atom stereocenters. The van der Waals surface area contributed by atoms with E-state index in [4.69, 9.17) is 14.2 Å². The zero-order valence-corrected chi connectivity index (χ0v) is 29.9. The minimum atomic E-state index is -0.789. The Kier molecular flexibility index (Phi) is 23.1. The topological polar surface area (TPSA) is 68.4 Å². The Labute approximate surface area is 287 Å². The standard InChI is InChI=1S/C42H66O5/c1-3-5-7-9-11-13-15-17-19-21-23-25-27-29-31-33-39(43)41(37-46-41)35-45-36-42(38-47-42)40(44)34-32-30-28-26-24-22-20-18-16-14-12-10-8-6-4-2/h5-8,11-14,17-20H,3-4,9-10,15-16,21-38H2,1-2H3/b7-5-,8-6-,13-11-,14-12-,19-17-,20-18-. The second-order valence-corrected chi connectivity index (χ2v) is 13.1. The second-order valence-electron chi connectivity index (χ2n) is 13.1. The predicted octanol–water partition coefficient (Wildman–Crippen LogP) is 10.9. The molecule has 5 heteroatoms. The molecule has 2 rings (SSSR count). The van der Waals surface area contributed by atoms with Crippen molar-refractivity contribution < 1.29 is 23.8 Å². The van der Waals surface area contributed by atoms with Crippen LogP contribution in [-0.2, 0) is 23.8 Å². The van der Waals surface area contributed by atoms with Crippen LogP contribution in [0.4, 0.5) is 0 Å². The van der Waals surface area contributed by atoms with Gasteiger partial charge in [-0.05, 0) is 77.0 Å². The molecule has 0 aromatic heterocycles. The molecule has 0 bridgehead atoms. The second kappa shape index (κ2) is 26.6.